The average molecular weight is 500 g/mol. The SMILES string of the molecule is CCCOc1ccc([C@@H]2C(C(=O)OCCOC(C)C)=C(C)NC3=C2C(=O)[C@@H](C(=O)OC)[C@H](C)C3)cc1. The number of Topliss-reactive ketones (excluding diaryl/α,β-unsaturated/α-hetero) is 1. The molecule has 0 fully saturated rings. The first-order valence-corrected chi connectivity index (χ1v) is 12.5. The molecule has 1 aromatic carbocycles. The minimum atomic E-state index is -0.930. The van der Waals surface area contributed by atoms with Gasteiger partial charge in [-0.1, -0.05) is 26.0 Å². The van der Waals surface area contributed by atoms with Crippen LogP contribution in [0.1, 0.15) is 58.9 Å². The molecule has 1 aliphatic carbocycles. The summed E-state index contributed by atoms with van der Waals surface area (Å²) in [5, 5.41) is 3.26. The molecule has 0 saturated carbocycles. The molecule has 3 atom stereocenters. The summed E-state index contributed by atoms with van der Waals surface area (Å²) in [5.41, 5.74) is 2.83. The van der Waals surface area contributed by atoms with Gasteiger partial charge >= 0.3 is 11.9 Å². The third-order valence-corrected chi connectivity index (χ3v) is 6.42. The molecule has 0 spiro atoms. The predicted molar refractivity (Wildman–Crippen MR) is 134 cm³/mol. The minimum absolute atomic E-state index is 0.0204. The van der Waals surface area contributed by atoms with E-state index in [1.54, 1.807) is 6.92 Å². The number of ketones is 1. The number of dihydropyridines is 1. The van der Waals surface area contributed by atoms with E-state index < -0.39 is 23.8 Å². The van der Waals surface area contributed by atoms with Gasteiger partial charge < -0.3 is 24.3 Å². The molecule has 0 aromatic heterocycles. The van der Waals surface area contributed by atoms with Gasteiger partial charge in [-0.15, -0.1) is 0 Å². The maximum Gasteiger partial charge on any atom is 0.336 e. The van der Waals surface area contributed by atoms with Crippen molar-refractivity contribution in [3.05, 3.63) is 52.4 Å². The maximum atomic E-state index is 13.8. The molecule has 1 aromatic rings. The molecule has 2 aliphatic rings. The molecule has 1 N–H and O–H groups in total. The first-order valence-electron chi connectivity index (χ1n) is 12.5. The van der Waals surface area contributed by atoms with Crippen molar-refractivity contribution >= 4 is 17.7 Å². The summed E-state index contributed by atoms with van der Waals surface area (Å²) >= 11 is 0. The van der Waals surface area contributed by atoms with Crippen molar-refractivity contribution in [1.82, 2.24) is 5.32 Å². The number of hydrogen-bond donors (Lipinski definition) is 1. The summed E-state index contributed by atoms with van der Waals surface area (Å²) in [4.78, 5) is 39.6. The number of carbonyl (C=O) groups excluding carboxylic acids is 3. The molecule has 8 heteroatoms. The van der Waals surface area contributed by atoms with Gasteiger partial charge in [-0.25, -0.2) is 4.79 Å². The Labute approximate surface area is 213 Å². The number of nitrogens with one attached hydrogen (secondary N) is 1. The van der Waals surface area contributed by atoms with E-state index >= 15 is 0 Å². The van der Waals surface area contributed by atoms with Crippen LogP contribution in [-0.2, 0) is 28.6 Å². The average Bonchev–Trinajstić information content (AvgIpc) is 2.84. The molecular formula is C28H37NO7. The summed E-state index contributed by atoms with van der Waals surface area (Å²) in [5.74, 6) is -2.59. The zero-order chi connectivity index (χ0) is 26.4. The molecular weight excluding hydrogens is 462 g/mol. The molecule has 0 amide bonds. The lowest BCUT2D eigenvalue weighted by molar-refractivity contribution is -0.151. The highest BCUT2D eigenvalue weighted by Crippen LogP contribution is 2.45. The molecule has 0 saturated heterocycles. The van der Waals surface area contributed by atoms with Crippen molar-refractivity contribution in [2.24, 2.45) is 11.8 Å². The van der Waals surface area contributed by atoms with Crippen LogP contribution in [0.15, 0.2) is 46.8 Å². The van der Waals surface area contributed by atoms with Gasteiger partial charge in [0.25, 0.3) is 0 Å². The van der Waals surface area contributed by atoms with E-state index in [4.69, 9.17) is 18.9 Å². The normalized spacial score (nSPS) is 21.8. The molecule has 8 nitrogen and oxygen atoms in total. The van der Waals surface area contributed by atoms with E-state index in [1.165, 1.54) is 7.11 Å². The first kappa shape index (κ1) is 27.5. The number of methoxy groups -OCH3 is 1. The smallest absolute Gasteiger partial charge is 0.336 e. The van der Waals surface area contributed by atoms with E-state index in [0.29, 0.717) is 35.6 Å². The number of hydrogen-bond acceptors (Lipinski definition) is 8. The molecule has 0 radical (unpaired) electrons. The maximum absolute atomic E-state index is 13.8. The summed E-state index contributed by atoms with van der Waals surface area (Å²) in [6, 6.07) is 7.37. The summed E-state index contributed by atoms with van der Waals surface area (Å²) in [6.07, 6.45) is 1.38. The van der Waals surface area contributed by atoms with Gasteiger partial charge in [0.2, 0.25) is 0 Å². The molecule has 0 unspecified atom stereocenters. The number of carbonyl (C=O) groups is 3. The summed E-state index contributed by atoms with van der Waals surface area (Å²) in [6.45, 7) is 10.5. The fourth-order valence-corrected chi connectivity index (χ4v) is 4.76. The fraction of sp³-hybridized carbons (Fsp3) is 0.536. The Hall–Kier alpha value is -3.13. The Morgan fingerprint density at radius 1 is 1.11 bits per heavy atom. The Bertz CT molecular complexity index is 1040. The fourth-order valence-electron chi connectivity index (χ4n) is 4.76. The molecule has 1 aliphatic heterocycles. The quantitative estimate of drug-likeness (QED) is 0.292. The van der Waals surface area contributed by atoms with E-state index in [1.807, 2.05) is 52.0 Å². The number of esters is 2. The van der Waals surface area contributed by atoms with Crippen molar-refractivity contribution in [2.75, 3.05) is 26.9 Å². The monoisotopic (exact) mass is 499 g/mol. The number of rotatable bonds is 10. The number of benzene rings is 1. The second-order valence-electron chi connectivity index (χ2n) is 9.51. The van der Waals surface area contributed by atoms with E-state index in [9.17, 15) is 14.4 Å². The Kier molecular flexibility index (Phi) is 9.31. The van der Waals surface area contributed by atoms with Gasteiger partial charge in [-0.05, 0) is 57.2 Å². The van der Waals surface area contributed by atoms with Gasteiger partial charge in [0, 0.05) is 22.9 Å². The van der Waals surface area contributed by atoms with Crippen molar-refractivity contribution < 1.29 is 33.3 Å². The number of allylic oxidation sites excluding steroid dienone is 3. The largest absolute Gasteiger partial charge is 0.494 e. The second-order valence-corrected chi connectivity index (χ2v) is 9.51. The van der Waals surface area contributed by atoms with Gasteiger partial charge in [-0.3, -0.25) is 9.59 Å². The highest BCUT2D eigenvalue weighted by Gasteiger charge is 2.47. The van der Waals surface area contributed by atoms with Crippen LogP contribution in [0.5, 0.6) is 5.75 Å². The summed E-state index contributed by atoms with van der Waals surface area (Å²) in [7, 11) is 1.28. The van der Waals surface area contributed by atoms with Gasteiger partial charge in [-0.2, -0.15) is 0 Å². The Morgan fingerprint density at radius 3 is 2.42 bits per heavy atom. The van der Waals surface area contributed by atoms with Crippen LogP contribution in [0, 0.1) is 11.8 Å². The molecule has 36 heavy (non-hydrogen) atoms. The lowest BCUT2D eigenvalue weighted by atomic mass is 9.69. The van der Waals surface area contributed by atoms with E-state index in [2.05, 4.69) is 5.32 Å². The van der Waals surface area contributed by atoms with Crippen LogP contribution in [0.4, 0.5) is 0 Å². The topological polar surface area (TPSA) is 100 Å². The van der Waals surface area contributed by atoms with Crippen LogP contribution in [-0.4, -0.2) is 50.8 Å². The standard InChI is InChI=1S/C28H37NO7/c1-7-12-35-20-10-8-19(9-11-20)24-23(28(32)36-14-13-34-16(2)3)18(5)29-21-15-17(4)22(27(31)33-6)26(30)25(21)24/h8-11,16-17,22,24,29H,7,12-15H2,1-6H3/t17-,22+,24-/m1/s1. The van der Waals surface area contributed by atoms with Crippen LogP contribution < -0.4 is 10.1 Å². The molecule has 0 bridgehead atoms. The van der Waals surface area contributed by atoms with Crippen LogP contribution in [0.3, 0.4) is 0 Å². The predicted octanol–water partition coefficient (Wildman–Crippen LogP) is 4.06. The Balaban J connectivity index is 2.01. The van der Waals surface area contributed by atoms with Crippen LogP contribution in [0.2, 0.25) is 0 Å². The van der Waals surface area contributed by atoms with E-state index in [-0.39, 0.29) is 31.0 Å². The van der Waals surface area contributed by atoms with Gasteiger partial charge in [0.1, 0.15) is 18.3 Å². The van der Waals surface area contributed by atoms with Crippen molar-refractivity contribution in [3.8, 4) is 5.75 Å². The zero-order valence-electron chi connectivity index (χ0n) is 22.0. The third kappa shape index (κ3) is 5.98. The molecule has 1 heterocycles. The van der Waals surface area contributed by atoms with Crippen LogP contribution in [0.25, 0.3) is 0 Å². The van der Waals surface area contributed by atoms with Gasteiger partial charge in [0.15, 0.2) is 5.78 Å². The lowest BCUT2D eigenvalue weighted by Gasteiger charge is -2.38. The highest BCUT2D eigenvalue weighted by molar-refractivity contribution is 6.12. The van der Waals surface area contributed by atoms with E-state index in [0.717, 1.165) is 17.7 Å². The minimum Gasteiger partial charge on any atom is -0.494 e. The lowest BCUT2D eigenvalue weighted by Crippen LogP contribution is -2.43. The zero-order valence-corrected chi connectivity index (χ0v) is 22.0. The third-order valence-electron chi connectivity index (χ3n) is 6.42. The molecule has 196 valence electrons. The van der Waals surface area contributed by atoms with Crippen molar-refractivity contribution in [2.45, 2.75) is 59.5 Å². The summed E-state index contributed by atoms with van der Waals surface area (Å²) < 4.78 is 21.7. The number of ether oxygens (including phenoxy) is 4. The second kappa shape index (κ2) is 12.2. The first-order chi connectivity index (χ1) is 17.2. The van der Waals surface area contributed by atoms with Crippen LogP contribution >= 0.6 is 0 Å². The highest BCUT2D eigenvalue weighted by atomic mass is 16.6. The van der Waals surface area contributed by atoms with Crippen molar-refractivity contribution in [1.29, 1.82) is 0 Å². The van der Waals surface area contributed by atoms with Crippen molar-refractivity contribution in [3.63, 3.8) is 0 Å². The van der Waals surface area contributed by atoms with Gasteiger partial charge in [0.05, 0.1) is 32.0 Å². The molecule has 3 rings (SSSR count). The Morgan fingerprint density at radius 2 is 1.81 bits per heavy atom.